The smallest absolute Gasteiger partial charge is 0.119 e. The second-order valence-electron chi connectivity index (χ2n) is 6.08. The van der Waals surface area contributed by atoms with Crippen LogP contribution in [0.1, 0.15) is 36.8 Å². The zero-order valence-corrected chi connectivity index (χ0v) is 12.3. The number of ether oxygens (including phenoxy) is 1. The van der Waals surface area contributed by atoms with Crippen molar-refractivity contribution in [3.05, 3.63) is 29.3 Å². The maximum atomic E-state index is 6.02. The Kier molecular flexibility index (Phi) is 4.58. The molecular weight excluding hydrogens is 248 g/mol. The summed E-state index contributed by atoms with van der Waals surface area (Å²) >= 11 is 0. The van der Waals surface area contributed by atoms with Crippen LogP contribution in [0.3, 0.4) is 0 Å². The van der Waals surface area contributed by atoms with Gasteiger partial charge < -0.3 is 10.5 Å². The second-order valence-corrected chi connectivity index (χ2v) is 6.08. The van der Waals surface area contributed by atoms with Crippen LogP contribution in [0.4, 0.5) is 0 Å². The van der Waals surface area contributed by atoms with Gasteiger partial charge in [0.2, 0.25) is 0 Å². The van der Waals surface area contributed by atoms with Crippen molar-refractivity contribution in [2.75, 3.05) is 26.2 Å². The van der Waals surface area contributed by atoms with E-state index >= 15 is 0 Å². The van der Waals surface area contributed by atoms with Gasteiger partial charge in [-0.25, -0.2) is 0 Å². The maximum Gasteiger partial charge on any atom is 0.119 e. The van der Waals surface area contributed by atoms with Crippen molar-refractivity contribution in [3.8, 4) is 5.75 Å². The monoisotopic (exact) mass is 274 g/mol. The van der Waals surface area contributed by atoms with Gasteiger partial charge in [-0.15, -0.1) is 0 Å². The first-order valence-corrected chi connectivity index (χ1v) is 8.05. The molecule has 0 radical (unpaired) electrons. The Morgan fingerprint density at radius 3 is 2.55 bits per heavy atom. The summed E-state index contributed by atoms with van der Waals surface area (Å²) in [7, 11) is 0. The van der Waals surface area contributed by atoms with Gasteiger partial charge in [0.25, 0.3) is 0 Å². The van der Waals surface area contributed by atoms with Gasteiger partial charge in [0.05, 0.1) is 6.04 Å². The first-order chi connectivity index (χ1) is 9.86. The van der Waals surface area contributed by atoms with E-state index in [1.165, 1.54) is 62.7 Å². The van der Waals surface area contributed by atoms with E-state index in [-0.39, 0.29) is 0 Å². The molecule has 0 amide bonds. The number of hydrogen-bond donors (Lipinski definition) is 1. The number of fused-ring (bicyclic) bond motifs is 1. The highest BCUT2D eigenvalue weighted by atomic mass is 16.5. The molecule has 0 aromatic heterocycles. The molecule has 1 unspecified atom stereocenters. The average molecular weight is 274 g/mol. The highest BCUT2D eigenvalue weighted by Crippen LogP contribution is 2.25. The maximum absolute atomic E-state index is 6.02. The number of benzene rings is 1. The van der Waals surface area contributed by atoms with Crippen molar-refractivity contribution in [1.82, 2.24) is 4.90 Å². The predicted octanol–water partition coefficient (Wildman–Crippen LogP) is 2.37. The molecule has 3 rings (SSSR count). The van der Waals surface area contributed by atoms with E-state index in [4.69, 9.17) is 10.5 Å². The number of hydrogen-bond acceptors (Lipinski definition) is 3. The van der Waals surface area contributed by atoms with E-state index in [1.54, 1.807) is 0 Å². The van der Waals surface area contributed by atoms with E-state index in [0.29, 0.717) is 12.6 Å². The van der Waals surface area contributed by atoms with Crippen LogP contribution in [0.15, 0.2) is 18.2 Å². The van der Waals surface area contributed by atoms with E-state index in [1.807, 2.05) is 0 Å². The van der Waals surface area contributed by atoms with Crippen molar-refractivity contribution >= 4 is 0 Å². The summed E-state index contributed by atoms with van der Waals surface area (Å²) < 4.78 is 6.02. The fourth-order valence-corrected chi connectivity index (χ4v) is 3.42. The van der Waals surface area contributed by atoms with E-state index in [2.05, 4.69) is 23.1 Å². The minimum absolute atomic E-state index is 0.369. The van der Waals surface area contributed by atoms with Gasteiger partial charge in [0, 0.05) is 6.54 Å². The molecule has 110 valence electrons. The first-order valence-electron chi connectivity index (χ1n) is 8.05. The van der Waals surface area contributed by atoms with Crippen molar-refractivity contribution < 1.29 is 4.74 Å². The molecule has 0 bridgehead atoms. The summed E-state index contributed by atoms with van der Waals surface area (Å²) in [5.41, 5.74) is 8.90. The molecule has 3 heteroatoms. The largest absolute Gasteiger partial charge is 0.492 e. The van der Waals surface area contributed by atoms with Gasteiger partial charge in [0.15, 0.2) is 0 Å². The van der Waals surface area contributed by atoms with Crippen LogP contribution in [0.5, 0.6) is 5.75 Å². The highest BCUT2D eigenvalue weighted by molar-refractivity contribution is 5.37. The lowest BCUT2D eigenvalue weighted by atomic mass is 9.92. The fourth-order valence-electron chi connectivity index (χ4n) is 3.42. The molecule has 2 aliphatic rings. The Balaban J connectivity index is 1.59. The van der Waals surface area contributed by atoms with E-state index < -0.39 is 0 Å². The van der Waals surface area contributed by atoms with Gasteiger partial charge in [-0.05, 0) is 74.9 Å². The van der Waals surface area contributed by atoms with Crippen LogP contribution < -0.4 is 10.5 Å². The number of likely N-dealkylation sites (tertiary alicyclic amines) is 1. The Morgan fingerprint density at radius 1 is 1.05 bits per heavy atom. The third-order valence-electron chi connectivity index (χ3n) is 4.69. The third kappa shape index (κ3) is 3.15. The molecule has 0 saturated carbocycles. The van der Waals surface area contributed by atoms with Crippen LogP contribution >= 0.6 is 0 Å². The zero-order valence-electron chi connectivity index (χ0n) is 12.3. The van der Waals surface area contributed by atoms with Crippen LogP contribution in [-0.4, -0.2) is 37.2 Å². The van der Waals surface area contributed by atoms with Gasteiger partial charge in [0.1, 0.15) is 12.4 Å². The molecule has 1 saturated heterocycles. The minimum atomic E-state index is 0.369. The average Bonchev–Trinajstić information content (AvgIpc) is 3.02. The molecule has 1 aliphatic carbocycles. The SMILES string of the molecule is NCC(COc1ccc2c(c1)CCCC2)N1CCCC1. The topological polar surface area (TPSA) is 38.5 Å². The normalized spacial score (nSPS) is 20.6. The quantitative estimate of drug-likeness (QED) is 0.896. The standard InChI is InChI=1S/C17H26N2O/c18-12-16(19-9-3-4-10-19)13-20-17-8-7-14-5-1-2-6-15(14)11-17/h7-8,11,16H,1-6,9-10,12-13,18H2. The number of rotatable bonds is 5. The van der Waals surface area contributed by atoms with Crippen LogP contribution in [0.2, 0.25) is 0 Å². The summed E-state index contributed by atoms with van der Waals surface area (Å²) in [4.78, 5) is 2.47. The summed E-state index contributed by atoms with van der Waals surface area (Å²) in [5, 5.41) is 0. The third-order valence-corrected chi connectivity index (χ3v) is 4.69. The minimum Gasteiger partial charge on any atom is -0.492 e. The molecule has 20 heavy (non-hydrogen) atoms. The van der Waals surface area contributed by atoms with Gasteiger partial charge in [-0.2, -0.15) is 0 Å². The Hall–Kier alpha value is -1.06. The Bertz CT molecular complexity index is 441. The molecule has 1 atom stereocenters. The molecule has 1 aromatic rings. The van der Waals surface area contributed by atoms with Gasteiger partial charge in [-0.3, -0.25) is 4.90 Å². The Labute approximate surface area is 122 Å². The van der Waals surface area contributed by atoms with Crippen molar-refractivity contribution in [2.45, 2.75) is 44.6 Å². The first kappa shape index (κ1) is 13.9. The number of aryl methyl sites for hydroxylation is 2. The van der Waals surface area contributed by atoms with Gasteiger partial charge >= 0.3 is 0 Å². The number of nitrogens with two attached hydrogens (primary N) is 1. The van der Waals surface area contributed by atoms with Crippen molar-refractivity contribution in [2.24, 2.45) is 5.73 Å². The van der Waals surface area contributed by atoms with Gasteiger partial charge in [-0.1, -0.05) is 6.07 Å². The van der Waals surface area contributed by atoms with Crippen LogP contribution in [0.25, 0.3) is 0 Å². The van der Waals surface area contributed by atoms with Crippen LogP contribution in [-0.2, 0) is 12.8 Å². The zero-order chi connectivity index (χ0) is 13.8. The Morgan fingerprint density at radius 2 is 1.80 bits per heavy atom. The highest BCUT2D eigenvalue weighted by Gasteiger charge is 2.21. The summed E-state index contributed by atoms with van der Waals surface area (Å²) in [5.74, 6) is 1.02. The summed E-state index contributed by atoms with van der Waals surface area (Å²) in [6, 6.07) is 6.98. The molecule has 3 nitrogen and oxygen atoms in total. The molecule has 0 spiro atoms. The molecule has 1 fully saturated rings. The summed E-state index contributed by atoms with van der Waals surface area (Å²) in [6.45, 7) is 3.76. The van der Waals surface area contributed by atoms with Crippen molar-refractivity contribution in [3.63, 3.8) is 0 Å². The summed E-state index contributed by atoms with van der Waals surface area (Å²) in [6.07, 6.45) is 7.69. The molecular formula is C17H26N2O. The fraction of sp³-hybridized carbons (Fsp3) is 0.647. The predicted molar refractivity (Wildman–Crippen MR) is 82.2 cm³/mol. The number of nitrogens with zero attached hydrogens (tertiary/aromatic N) is 1. The van der Waals surface area contributed by atoms with Crippen molar-refractivity contribution in [1.29, 1.82) is 0 Å². The van der Waals surface area contributed by atoms with E-state index in [0.717, 1.165) is 12.4 Å². The van der Waals surface area contributed by atoms with E-state index in [9.17, 15) is 0 Å². The second kappa shape index (κ2) is 6.59. The lowest BCUT2D eigenvalue weighted by Crippen LogP contribution is -2.42. The molecule has 1 aromatic carbocycles. The molecule has 1 heterocycles. The molecule has 1 aliphatic heterocycles. The lowest BCUT2D eigenvalue weighted by Gasteiger charge is -2.26. The lowest BCUT2D eigenvalue weighted by molar-refractivity contribution is 0.164. The molecule has 2 N–H and O–H groups in total. The van der Waals surface area contributed by atoms with Crippen LogP contribution in [0, 0.1) is 0 Å².